The second kappa shape index (κ2) is 7.42. The van der Waals surface area contributed by atoms with E-state index in [1.54, 1.807) is 24.3 Å². The summed E-state index contributed by atoms with van der Waals surface area (Å²) in [5.41, 5.74) is 0.168. The third kappa shape index (κ3) is 3.68. The lowest BCUT2D eigenvalue weighted by Gasteiger charge is -2.12. The molecule has 0 aliphatic carbocycles. The Morgan fingerprint density at radius 3 is 2.76 bits per heavy atom. The number of hydrogen-bond acceptors (Lipinski definition) is 3. The molecule has 6 heteroatoms. The number of nitrogens with zero attached hydrogens (tertiary/aromatic N) is 1. The highest BCUT2D eigenvalue weighted by molar-refractivity contribution is 5.80. The Hall–Kier alpha value is -2.76. The molecule has 0 spiro atoms. The van der Waals surface area contributed by atoms with Gasteiger partial charge in [-0.2, -0.15) is 0 Å². The highest BCUT2D eigenvalue weighted by Gasteiger charge is 2.17. The number of halogens is 2. The lowest BCUT2D eigenvalue weighted by molar-refractivity contribution is 0.292. The Kier molecular flexibility index (Phi) is 5.07. The molecule has 1 N–H and O–H groups in total. The molecule has 0 saturated heterocycles. The summed E-state index contributed by atoms with van der Waals surface area (Å²) in [4.78, 5) is 19.1. The van der Waals surface area contributed by atoms with Gasteiger partial charge in [0.15, 0.2) is 11.6 Å². The van der Waals surface area contributed by atoms with Crippen LogP contribution in [0.25, 0.3) is 22.3 Å². The molecule has 0 fully saturated rings. The number of rotatable bonds is 6. The van der Waals surface area contributed by atoms with E-state index in [9.17, 15) is 13.6 Å². The van der Waals surface area contributed by atoms with Crippen LogP contribution in [0, 0.1) is 11.6 Å². The maximum Gasteiger partial charge on any atom is 0.259 e. The van der Waals surface area contributed by atoms with E-state index in [2.05, 4.69) is 9.97 Å². The average molecular weight is 344 g/mol. The molecule has 0 unspecified atom stereocenters. The van der Waals surface area contributed by atoms with Crippen LogP contribution < -0.4 is 10.3 Å². The van der Waals surface area contributed by atoms with Crippen LogP contribution in [-0.2, 0) is 0 Å². The molecule has 0 radical (unpaired) electrons. The molecule has 0 bridgehead atoms. The normalized spacial score (nSPS) is 11.0. The second-order valence-corrected chi connectivity index (χ2v) is 5.75. The van der Waals surface area contributed by atoms with Gasteiger partial charge in [0.2, 0.25) is 0 Å². The van der Waals surface area contributed by atoms with Gasteiger partial charge in [-0.05, 0) is 24.6 Å². The lowest BCUT2D eigenvalue weighted by atomic mass is 10.1. The fourth-order valence-corrected chi connectivity index (χ4v) is 2.62. The minimum Gasteiger partial charge on any atom is -0.490 e. The maximum absolute atomic E-state index is 14.2. The van der Waals surface area contributed by atoms with Crippen molar-refractivity contribution in [2.45, 2.75) is 26.2 Å². The molecule has 3 aromatic rings. The van der Waals surface area contributed by atoms with Gasteiger partial charge in [0, 0.05) is 6.07 Å². The van der Waals surface area contributed by atoms with Gasteiger partial charge in [-0.3, -0.25) is 4.79 Å². The topological polar surface area (TPSA) is 55.0 Å². The summed E-state index contributed by atoms with van der Waals surface area (Å²) in [5.74, 6) is -1.60. The zero-order valence-corrected chi connectivity index (χ0v) is 13.8. The Balaban J connectivity index is 2.08. The summed E-state index contributed by atoms with van der Waals surface area (Å²) in [7, 11) is 0. The smallest absolute Gasteiger partial charge is 0.259 e. The largest absolute Gasteiger partial charge is 0.490 e. The van der Waals surface area contributed by atoms with E-state index in [1.165, 1.54) is 0 Å². The zero-order chi connectivity index (χ0) is 17.8. The van der Waals surface area contributed by atoms with Crippen molar-refractivity contribution in [1.82, 2.24) is 9.97 Å². The predicted octanol–water partition coefficient (Wildman–Crippen LogP) is 4.44. The summed E-state index contributed by atoms with van der Waals surface area (Å²) in [5, 5.41) is 0.411. The molecule has 1 aromatic heterocycles. The number of aromatic nitrogens is 2. The summed E-state index contributed by atoms with van der Waals surface area (Å²) in [6.45, 7) is 2.36. The van der Waals surface area contributed by atoms with Crippen LogP contribution in [0.1, 0.15) is 26.2 Å². The van der Waals surface area contributed by atoms with Crippen LogP contribution >= 0.6 is 0 Å². The molecule has 0 aliphatic rings. The zero-order valence-electron chi connectivity index (χ0n) is 13.8. The first-order valence-corrected chi connectivity index (χ1v) is 8.21. The fourth-order valence-electron chi connectivity index (χ4n) is 2.62. The molecule has 130 valence electrons. The summed E-state index contributed by atoms with van der Waals surface area (Å²) < 4.78 is 33.5. The summed E-state index contributed by atoms with van der Waals surface area (Å²) >= 11 is 0. The number of unbranched alkanes of at least 4 members (excludes halogenated alkanes) is 2. The predicted molar refractivity (Wildman–Crippen MR) is 92.7 cm³/mol. The number of hydrogen-bond donors (Lipinski definition) is 1. The minimum atomic E-state index is -0.817. The van der Waals surface area contributed by atoms with E-state index >= 15 is 0 Å². The van der Waals surface area contributed by atoms with Gasteiger partial charge in [0.05, 0.1) is 23.1 Å². The standard InChI is InChI=1S/C19H18F2N2O2/c1-2-3-6-9-25-17-14(10-12(20)11-15(17)21)18-22-16-8-5-4-7-13(16)19(24)23-18/h4-5,7-8,10-11H,2-3,6,9H2,1H3,(H,22,23,24). The van der Waals surface area contributed by atoms with Gasteiger partial charge in [0.1, 0.15) is 11.6 Å². The number of fused-ring (bicyclic) bond motifs is 1. The SMILES string of the molecule is CCCCCOc1c(F)cc(F)cc1-c1nc2ccccc2c(=O)[nH]1. The molecular formula is C19H18F2N2O2. The molecule has 0 amide bonds. The van der Waals surface area contributed by atoms with Crippen molar-refractivity contribution in [3.63, 3.8) is 0 Å². The highest BCUT2D eigenvalue weighted by atomic mass is 19.1. The summed E-state index contributed by atoms with van der Waals surface area (Å²) in [6, 6.07) is 8.66. The molecule has 0 saturated carbocycles. The lowest BCUT2D eigenvalue weighted by Crippen LogP contribution is -2.11. The number of nitrogens with one attached hydrogen (secondary N) is 1. The molecule has 1 heterocycles. The van der Waals surface area contributed by atoms with E-state index in [4.69, 9.17) is 4.74 Å². The van der Waals surface area contributed by atoms with E-state index in [1.807, 2.05) is 6.92 Å². The molecule has 25 heavy (non-hydrogen) atoms. The number of aromatic amines is 1. The van der Waals surface area contributed by atoms with Crippen molar-refractivity contribution in [1.29, 1.82) is 0 Å². The van der Waals surface area contributed by atoms with E-state index in [0.717, 1.165) is 31.4 Å². The second-order valence-electron chi connectivity index (χ2n) is 5.75. The van der Waals surface area contributed by atoms with Gasteiger partial charge >= 0.3 is 0 Å². The number of benzene rings is 2. The van der Waals surface area contributed by atoms with Gasteiger partial charge < -0.3 is 9.72 Å². The van der Waals surface area contributed by atoms with Crippen LogP contribution in [-0.4, -0.2) is 16.6 Å². The Bertz CT molecular complexity index is 954. The molecular weight excluding hydrogens is 326 g/mol. The number of ether oxygens (including phenoxy) is 1. The Morgan fingerprint density at radius 1 is 1.16 bits per heavy atom. The monoisotopic (exact) mass is 344 g/mol. The highest BCUT2D eigenvalue weighted by Crippen LogP contribution is 2.32. The maximum atomic E-state index is 14.2. The van der Waals surface area contributed by atoms with Gasteiger partial charge in [-0.1, -0.05) is 31.9 Å². The van der Waals surface area contributed by atoms with Crippen molar-refractivity contribution in [3.8, 4) is 17.1 Å². The fraction of sp³-hybridized carbons (Fsp3) is 0.263. The molecule has 0 aliphatic heterocycles. The van der Waals surface area contributed by atoms with Crippen LogP contribution in [0.5, 0.6) is 5.75 Å². The summed E-state index contributed by atoms with van der Waals surface area (Å²) in [6.07, 6.45) is 2.71. The quantitative estimate of drug-likeness (QED) is 0.673. The Labute approximate surface area is 143 Å². The van der Waals surface area contributed by atoms with Crippen molar-refractivity contribution in [2.24, 2.45) is 0 Å². The van der Waals surface area contributed by atoms with E-state index < -0.39 is 11.6 Å². The van der Waals surface area contributed by atoms with Gasteiger partial charge in [-0.25, -0.2) is 13.8 Å². The molecule has 0 atom stereocenters. The van der Waals surface area contributed by atoms with Crippen molar-refractivity contribution >= 4 is 10.9 Å². The Morgan fingerprint density at radius 2 is 1.96 bits per heavy atom. The first-order chi connectivity index (χ1) is 12.1. The van der Waals surface area contributed by atoms with Crippen molar-refractivity contribution < 1.29 is 13.5 Å². The first-order valence-electron chi connectivity index (χ1n) is 8.21. The van der Waals surface area contributed by atoms with Crippen molar-refractivity contribution in [2.75, 3.05) is 6.61 Å². The van der Waals surface area contributed by atoms with Gasteiger partial charge in [0.25, 0.3) is 5.56 Å². The van der Waals surface area contributed by atoms with Crippen LogP contribution in [0.2, 0.25) is 0 Å². The average Bonchev–Trinajstić information content (AvgIpc) is 2.59. The van der Waals surface area contributed by atoms with Crippen molar-refractivity contribution in [3.05, 3.63) is 58.4 Å². The third-order valence-corrected chi connectivity index (χ3v) is 3.87. The van der Waals surface area contributed by atoms with E-state index in [0.29, 0.717) is 17.5 Å². The molecule has 4 nitrogen and oxygen atoms in total. The first kappa shape index (κ1) is 17.1. The van der Waals surface area contributed by atoms with E-state index in [-0.39, 0.29) is 22.7 Å². The van der Waals surface area contributed by atoms with Crippen LogP contribution in [0.4, 0.5) is 8.78 Å². The minimum absolute atomic E-state index is 0.0765. The number of para-hydroxylation sites is 1. The number of H-pyrrole nitrogens is 1. The van der Waals surface area contributed by atoms with Gasteiger partial charge in [-0.15, -0.1) is 0 Å². The third-order valence-electron chi connectivity index (χ3n) is 3.87. The molecule has 3 rings (SSSR count). The molecule has 2 aromatic carbocycles. The van der Waals surface area contributed by atoms with Crippen LogP contribution in [0.15, 0.2) is 41.2 Å². The van der Waals surface area contributed by atoms with Crippen LogP contribution in [0.3, 0.4) is 0 Å².